The van der Waals surface area contributed by atoms with Gasteiger partial charge < -0.3 is 5.32 Å². The molecule has 1 unspecified atom stereocenters. The summed E-state index contributed by atoms with van der Waals surface area (Å²) in [4.78, 5) is 0. The molecule has 0 aromatic carbocycles. The van der Waals surface area contributed by atoms with E-state index in [0.717, 1.165) is 19.4 Å². The van der Waals surface area contributed by atoms with Gasteiger partial charge in [-0.1, -0.05) is 6.92 Å². The van der Waals surface area contributed by atoms with E-state index in [-0.39, 0.29) is 0 Å². The second-order valence-corrected chi connectivity index (χ2v) is 2.53. The molecule has 0 heterocycles. The molecule has 0 saturated heterocycles. The number of nitriles is 1. The molecular formula is C8H16N2. The lowest BCUT2D eigenvalue weighted by atomic mass is 10.2. The van der Waals surface area contributed by atoms with Crippen LogP contribution in [0.2, 0.25) is 0 Å². The Bertz CT molecular complexity index is 104. The van der Waals surface area contributed by atoms with Crippen LogP contribution in [0.1, 0.15) is 33.1 Å². The normalized spacial score (nSPS) is 12.5. The molecule has 0 spiro atoms. The van der Waals surface area contributed by atoms with Crippen molar-refractivity contribution >= 4 is 0 Å². The smallest absolute Gasteiger partial charge is 0.0622 e. The Morgan fingerprint density at radius 1 is 1.60 bits per heavy atom. The standard InChI is InChI=1S/C8H16N2/c1-3-8(2)10-7-5-4-6-9/h8,10H,3-5,7H2,1-2H3. The van der Waals surface area contributed by atoms with Crippen molar-refractivity contribution in [3.05, 3.63) is 0 Å². The van der Waals surface area contributed by atoms with Gasteiger partial charge in [0.05, 0.1) is 6.07 Å². The molecule has 0 aromatic rings. The van der Waals surface area contributed by atoms with Gasteiger partial charge in [0, 0.05) is 12.5 Å². The summed E-state index contributed by atoms with van der Waals surface area (Å²) in [5, 5.41) is 11.5. The summed E-state index contributed by atoms with van der Waals surface area (Å²) in [5.74, 6) is 0. The van der Waals surface area contributed by atoms with Gasteiger partial charge in [-0.2, -0.15) is 5.26 Å². The summed E-state index contributed by atoms with van der Waals surface area (Å²) in [6.45, 7) is 5.29. The highest BCUT2D eigenvalue weighted by Gasteiger charge is 1.94. The zero-order valence-electron chi connectivity index (χ0n) is 6.85. The van der Waals surface area contributed by atoms with Gasteiger partial charge in [-0.3, -0.25) is 0 Å². The molecule has 0 amide bonds. The minimum absolute atomic E-state index is 0.596. The maximum absolute atomic E-state index is 8.21. The predicted octanol–water partition coefficient (Wildman–Crippen LogP) is 1.68. The molecule has 10 heavy (non-hydrogen) atoms. The van der Waals surface area contributed by atoms with Crippen molar-refractivity contribution in [3.8, 4) is 6.07 Å². The maximum Gasteiger partial charge on any atom is 0.0622 e. The number of nitrogens with zero attached hydrogens (tertiary/aromatic N) is 1. The molecule has 2 nitrogen and oxygen atoms in total. The Kier molecular flexibility index (Phi) is 6.21. The maximum atomic E-state index is 8.21. The zero-order chi connectivity index (χ0) is 7.82. The Hall–Kier alpha value is -0.550. The van der Waals surface area contributed by atoms with Crippen LogP contribution in [-0.2, 0) is 0 Å². The molecule has 1 atom stereocenters. The highest BCUT2D eigenvalue weighted by molar-refractivity contribution is 4.69. The lowest BCUT2D eigenvalue weighted by Gasteiger charge is -2.08. The summed E-state index contributed by atoms with van der Waals surface area (Å²) >= 11 is 0. The van der Waals surface area contributed by atoms with Crippen LogP contribution in [0.3, 0.4) is 0 Å². The highest BCUT2D eigenvalue weighted by atomic mass is 14.9. The molecule has 0 rings (SSSR count). The molecule has 58 valence electrons. The Balaban J connectivity index is 2.98. The van der Waals surface area contributed by atoms with Crippen molar-refractivity contribution in [2.24, 2.45) is 0 Å². The summed E-state index contributed by atoms with van der Waals surface area (Å²) in [7, 11) is 0. The van der Waals surface area contributed by atoms with E-state index in [1.165, 1.54) is 0 Å². The van der Waals surface area contributed by atoms with Gasteiger partial charge in [0.15, 0.2) is 0 Å². The molecule has 0 bridgehead atoms. The average Bonchev–Trinajstić information content (AvgIpc) is 1.98. The molecular weight excluding hydrogens is 124 g/mol. The van der Waals surface area contributed by atoms with E-state index in [1.807, 2.05) is 0 Å². The third-order valence-electron chi connectivity index (χ3n) is 1.57. The van der Waals surface area contributed by atoms with Crippen LogP contribution in [0.4, 0.5) is 0 Å². The highest BCUT2D eigenvalue weighted by Crippen LogP contribution is 1.89. The lowest BCUT2D eigenvalue weighted by molar-refractivity contribution is 0.527. The second-order valence-electron chi connectivity index (χ2n) is 2.53. The van der Waals surface area contributed by atoms with Crippen molar-refractivity contribution in [2.75, 3.05) is 6.54 Å². The van der Waals surface area contributed by atoms with E-state index in [0.29, 0.717) is 12.5 Å². The summed E-state index contributed by atoms with van der Waals surface area (Å²) in [6.07, 6.45) is 2.80. The van der Waals surface area contributed by atoms with Crippen molar-refractivity contribution in [3.63, 3.8) is 0 Å². The average molecular weight is 140 g/mol. The Labute approximate surface area is 63.2 Å². The van der Waals surface area contributed by atoms with E-state index in [2.05, 4.69) is 25.2 Å². The number of rotatable bonds is 5. The van der Waals surface area contributed by atoms with Gasteiger partial charge in [-0.25, -0.2) is 0 Å². The Morgan fingerprint density at radius 3 is 2.80 bits per heavy atom. The van der Waals surface area contributed by atoms with Crippen LogP contribution in [0.25, 0.3) is 0 Å². The van der Waals surface area contributed by atoms with Crippen LogP contribution in [0, 0.1) is 11.3 Å². The van der Waals surface area contributed by atoms with Gasteiger partial charge >= 0.3 is 0 Å². The second kappa shape index (κ2) is 6.57. The largest absolute Gasteiger partial charge is 0.314 e. The Morgan fingerprint density at radius 2 is 2.30 bits per heavy atom. The summed E-state index contributed by atoms with van der Waals surface area (Å²) < 4.78 is 0. The van der Waals surface area contributed by atoms with Crippen molar-refractivity contribution in [2.45, 2.75) is 39.2 Å². The van der Waals surface area contributed by atoms with Gasteiger partial charge in [0.2, 0.25) is 0 Å². The van der Waals surface area contributed by atoms with Gasteiger partial charge in [-0.15, -0.1) is 0 Å². The van der Waals surface area contributed by atoms with Crippen LogP contribution in [0.5, 0.6) is 0 Å². The minimum Gasteiger partial charge on any atom is -0.314 e. The summed E-state index contributed by atoms with van der Waals surface area (Å²) in [6, 6.07) is 2.72. The van der Waals surface area contributed by atoms with Crippen molar-refractivity contribution in [1.29, 1.82) is 5.26 Å². The molecule has 1 N–H and O–H groups in total. The number of unbranched alkanes of at least 4 members (excludes halogenated alkanes) is 1. The van der Waals surface area contributed by atoms with Gasteiger partial charge in [0.25, 0.3) is 0 Å². The fraction of sp³-hybridized carbons (Fsp3) is 0.875. The van der Waals surface area contributed by atoms with Crippen molar-refractivity contribution < 1.29 is 0 Å². The van der Waals surface area contributed by atoms with E-state index < -0.39 is 0 Å². The molecule has 0 radical (unpaired) electrons. The SMILES string of the molecule is CCC(C)NCCCC#N. The first-order valence-corrected chi connectivity index (χ1v) is 3.91. The van der Waals surface area contributed by atoms with E-state index in [1.54, 1.807) is 0 Å². The quantitative estimate of drug-likeness (QED) is 0.590. The van der Waals surface area contributed by atoms with Gasteiger partial charge in [-0.05, 0) is 26.3 Å². The van der Waals surface area contributed by atoms with Gasteiger partial charge in [0.1, 0.15) is 0 Å². The van der Waals surface area contributed by atoms with Crippen LogP contribution in [-0.4, -0.2) is 12.6 Å². The molecule has 0 aliphatic carbocycles. The predicted molar refractivity (Wildman–Crippen MR) is 42.6 cm³/mol. The van der Waals surface area contributed by atoms with Crippen LogP contribution < -0.4 is 5.32 Å². The topological polar surface area (TPSA) is 35.8 Å². The number of hydrogen-bond donors (Lipinski definition) is 1. The fourth-order valence-electron chi connectivity index (χ4n) is 0.660. The molecule has 0 aliphatic heterocycles. The first-order valence-electron chi connectivity index (χ1n) is 3.91. The molecule has 0 aliphatic rings. The molecule has 0 aromatic heterocycles. The third-order valence-corrected chi connectivity index (χ3v) is 1.57. The number of hydrogen-bond acceptors (Lipinski definition) is 2. The first kappa shape index (κ1) is 9.45. The third kappa shape index (κ3) is 5.58. The number of nitrogens with one attached hydrogen (secondary N) is 1. The van der Waals surface area contributed by atoms with Crippen molar-refractivity contribution in [1.82, 2.24) is 5.32 Å². The van der Waals surface area contributed by atoms with Crippen LogP contribution in [0.15, 0.2) is 0 Å². The molecule has 0 fully saturated rings. The summed E-state index contributed by atoms with van der Waals surface area (Å²) in [5.41, 5.74) is 0. The lowest BCUT2D eigenvalue weighted by Crippen LogP contribution is -2.25. The van der Waals surface area contributed by atoms with Crippen LogP contribution >= 0.6 is 0 Å². The monoisotopic (exact) mass is 140 g/mol. The molecule has 2 heteroatoms. The van der Waals surface area contributed by atoms with E-state index >= 15 is 0 Å². The zero-order valence-corrected chi connectivity index (χ0v) is 6.85. The fourth-order valence-corrected chi connectivity index (χ4v) is 0.660. The minimum atomic E-state index is 0.596. The molecule has 0 saturated carbocycles. The van der Waals surface area contributed by atoms with E-state index in [4.69, 9.17) is 5.26 Å². The van der Waals surface area contributed by atoms with E-state index in [9.17, 15) is 0 Å². The first-order chi connectivity index (χ1) is 4.81.